The van der Waals surface area contributed by atoms with Crippen molar-refractivity contribution in [2.45, 2.75) is 20.5 Å². The molecule has 1 heterocycles. The molecule has 0 spiro atoms. The summed E-state index contributed by atoms with van der Waals surface area (Å²) in [7, 11) is 0. The number of hydrogen-bond acceptors (Lipinski definition) is 5. The lowest BCUT2D eigenvalue weighted by Crippen LogP contribution is -2.10. The number of fused-ring (bicyclic) bond motifs is 1. The highest BCUT2D eigenvalue weighted by atomic mass is 35.5. The number of anilines is 1. The molecule has 0 aliphatic heterocycles. The van der Waals surface area contributed by atoms with Crippen LogP contribution in [-0.2, 0) is 11.3 Å². The van der Waals surface area contributed by atoms with Crippen LogP contribution in [0.25, 0.3) is 11.0 Å². The Morgan fingerprint density at radius 3 is 2.64 bits per heavy atom. The molecule has 3 rings (SSSR count). The summed E-state index contributed by atoms with van der Waals surface area (Å²) < 4.78 is 10.6. The molecule has 0 amide bonds. The number of nitrogen functional groups attached to an aromatic ring is 1. The minimum atomic E-state index is -0.606. The molecule has 2 aromatic carbocycles. The standard InChI is InChI=1S/C19H16ClNO4/c1-10-5-14-12(7-18(22)25-17(14)6-11(10)2)9-24-19(23)15-8-13(20)3-4-16(15)21/h3-8H,9,21H2,1-2H3. The van der Waals surface area contributed by atoms with Gasteiger partial charge in [0.05, 0.1) is 5.56 Å². The second kappa shape index (κ2) is 6.61. The monoisotopic (exact) mass is 357 g/mol. The zero-order valence-electron chi connectivity index (χ0n) is 13.8. The fourth-order valence-electron chi connectivity index (χ4n) is 2.53. The normalized spacial score (nSPS) is 10.8. The molecule has 0 saturated heterocycles. The van der Waals surface area contributed by atoms with E-state index in [4.69, 9.17) is 26.5 Å². The van der Waals surface area contributed by atoms with Crippen molar-refractivity contribution in [3.8, 4) is 0 Å². The summed E-state index contributed by atoms with van der Waals surface area (Å²) >= 11 is 5.89. The van der Waals surface area contributed by atoms with Crippen molar-refractivity contribution in [2.24, 2.45) is 0 Å². The summed E-state index contributed by atoms with van der Waals surface area (Å²) in [4.78, 5) is 24.0. The Hall–Kier alpha value is -2.79. The van der Waals surface area contributed by atoms with E-state index in [-0.39, 0.29) is 17.9 Å². The molecule has 5 nitrogen and oxygen atoms in total. The Balaban J connectivity index is 1.93. The first kappa shape index (κ1) is 17.0. The maximum absolute atomic E-state index is 12.3. The van der Waals surface area contributed by atoms with Crippen molar-refractivity contribution in [3.05, 3.63) is 74.1 Å². The van der Waals surface area contributed by atoms with Crippen LogP contribution in [0.1, 0.15) is 27.0 Å². The van der Waals surface area contributed by atoms with E-state index in [0.29, 0.717) is 16.2 Å². The van der Waals surface area contributed by atoms with Gasteiger partial charge in [-0.3, -0.25) is 0 Å². The fourth-order valence-corrected chi connectivity index (χ4v) is 2.70. The Morgan fingerprint density at radius 2 is 1.88 bits per heavy atom. The number of benzene rings is 2. The topological polar surface area (TPSA) is 82.5 Å². The Morgan fingerprint density at radius 1 is 1.16 bits per heavy atom. The van der Waals surface area contributed by atoms with E-state index in [1.54, 1.807) is 12.1 Å². The van der Waals surface area contributed by atoms with E-state index < -0.39 is 11.6 Å². The molecular formula is C19H16ClNO4. The lowest BCUT2D eigenvalue weighted by molar-refractivity contribution is 0.0475. The van der Waals surface area contributed by atoms with Crippen molar-refractivity contribution < 1.29 is 13.9 Å². The first-order valence-electron chi connectivity index (χ1n) is 7.61. The first-order chi connectivity index (χ1) is 11.8. The van der Waals surface area contributed by atoms with Gasteiger partial charge in [-0.2, -0.15) is 0 Å². The zero-order valence-corrected chi connectivity index (χ0v) is 14.5. The highest BCUT2D eigenvalue weighted by Crippen LogP contribution is 2.23. The zero-order chi connectivity index (χ0) is 18.1. The number of ether oxygens (including phenoxy) is 1. The third-order valence-electron chi connectivity index (χ3n) is 4.04. The van der Waals surface area contributed by atoms with Crippen LogP contribution in [0, 0.1) is 13.8 Å². The van der Waals surface area contributed by atoms with Crippen molar-refractivity contribution >= 4 is 34.2 Å². The van der Waals surface area contributed by atoms with Gasteiger partial charge >= 0.3 is 11.6 Å². The van der Waals surface area contributed by atoms with Crippen LogP contribution in [0.15, 0.2) is 45.6 Å². The summed E-state index contributed by atoms with van der Waals surface area (Å²) in [5.74, 6) is -0.606. The lowest BCUT2D eigenvalue weighted by atomic mass is 10.0. The summed E-state index contributed by atoms with van der Waals surface area (Å²) in [6, 6.07) is 9.61. The van der Waals surface area contributed by atoms with E-state index >= 15 is 0 Å². The average molecular weight is 358 g/mol. The van der Waals surface area contributed by atoms with E-state index in [1.165, 1.54) is 18.2 Å². The number of carbonyl (C=O) groups is 1. The minimum Gasteiger partial charge on any atom is -0.457 e. The Bertz CT molecular complexity index is 1040. The van der Waals surface area contributed by atoms with E-state index in [2.05, 4.69) is 0 Å². The number of halogens is 1. The van der Waals surface area contributed by atoms with Gasteiger partial charge in [0.2, 0.25) is 0 Å². The van der Waals surface area contributed by atoms with Gasteiger partial charge in [-0.15, -0.1) is 0 Å². The van der Waals surface area contributed by atoms with Crippen LogP contribution in [0.2, 0.25) is 5.02 Å². The molecule has 0 atom stereocenters. The van der Waals surface area contributed by atoms with Crippen molar-refractivity contribution in [1.82, 2.24) is 0 Å². The molecule has 0 radical (unpaired) electrons. The summed E-state index contributed by atoms with van der Waals surface area (Å²) in [6.45, 7) is 3.82. The van der Waals surface area contributed by atoms with Crippen molar-refractivity contribution in [2.75, 3.05) is 5.73 Å². The molecule has 0 bridgehead atoms. The molecule has 3 aromatic rings. The van der Waals surface area contributed by atoms with E-state index in [1.807, 2.05) is 19.9 Å². The van der Waals surface area contributed by atoms with Gasteiger partial charge in [-0.25, -0.2) is 9.59 Å². The summed E-state index contributed by atoms with van der Waals surface area (Å²) in [6.07, 6.45) is 0. The molecule has 2 N–H and O–H groups in total. The van der Waals surface area contributed by atoms with Gasteiger partial charge < -0.3 is 14.9 Å². The quantitative estimate of drug-likeness (QED) is 0.435. The van der Waals surface area contributed by atoms with Gasteiger partial charge in [0.15, 0.2) is 0 Å². The molecule has 25 heavy (non-hydrogen) atoms. The van der Waals surface area contributed by atoms with Crippen molar-refractivity contribution in [3.63, 3.8) is 0 Å². The number of nitrogens with two attached hydrogens (primary N) is 1. The smallest absolute Gasteiger partial charge is 0.340 e. The number of rotatable bonds is 3. The summed E-state index contributed by atoms with van der Waals surface area (Å²) in [5, 5.41) is 1.12. The minimum absolute atomic E-state index is 0.0740. The molecule has 0 saturated carbocycles. The highest BCUT2D eigenvalue weighted by molar-refractivity contribution is 6.31. The van der Waals surface area contributed by atoms with Crippen LogP contribution in [0.4, 0.5) is 5.69 Å². The lowest BCUT2D eigenvalue weighted by Gasteiger charge is -2.10. The number of esters is 1. The van der Waals surface area contributed by atoms with E-state index in [0.717, 1.165) is 16.5 Å². The van der Waals surface area contributed by atoms with E-state index in [9.17, 15) is 9.59 Å². The van der Waals surface area contributed by atoms with Crippen LogP contribution >= 0.6 is 11.6 Å². The maximum Gasteiger partial charge on any atom is 0.340 e. The molecule has 0 fully saturated rings. The highest BCUT2D eigenvalue weighted by Gasteiger charge is 2.14. The molecule has 128 valence electrons. The van der Waals surface area contributed by atoms with Gasteiger partial charge in [0.25, 0.3) is 0 Å². The van der Waals surface area contributed by atoms with Gasteiger partial charge in [-0.1, -0.05) is 11.6 Å². The van der Waals surface area contributed by atoms with Gasteiger partial charge in [-0.05, 0) is 55.3 Å². The third kappa shape index (κ3) is 3.51. The van der Waals surface area contributed by atoms with Crippen LogP contribution in [0.3, 0.4) is 0 Å². The van der Waals surface area contributed by atoms with Crippen molar-refractivity contribution in [1.29, 1.82) is 0 Å². The largest absolute Gasteiger partial charge is 0.457 e. The number of aryl methyl sites for hydroxylation is 2. The van der Waals surface area contributed by atoms with Gasteiger partial charge in [0, 0.05) is 27.7 Å². The number of carbonyl (C=O) groups excluding carboxylic acids is 1. The Labute approximate surface area is 149 Å². The number of hydrogen-bond donors (Lipinski definition) is 1. The molecule has 6 heteroatoms. The average Bonchev–Trinajstić information content (AvgIpc) is 2.56. The fraction of sp³-hybridized carbons (Fsp3) is 0.158. The molecule has 0 unspecified atom stereocenters. The molecule has 1 aromatic heterocycles. The SMILES string of the molecule is Cc1cc2oc(=O)cc(COC(=O)c3cc(Cl)ccc3N)c2cc1C. The predicted molar refractivity (Wildman–Crippen MR) is 96.9 cm³/mol. The first-order valence-corrected chi connectivity index (χ1v) is 7.99. The maximum atomic E-state index is 12.3. The molecular weight excluding hydrogens is 342 g/mol. The summed E-state index contributed by atoms with van der Waals surface area (Å²) in [5.41, 5.74) is 8.85. The van der Waals surface area contributed by atoms with Crippen LogP contribution in [-0.4, -0.2) is 5.97 Å². The third-order valence-corrected chi connectivity index (χ3v) is 4.27. The molecule has 0 aliphatic rings. The Kier molecular flexibility index (Phi) is 4.51. The van der Waals surface area contributed by atoms with Crippen LogP contribution in [0.5, 0.6) is 0 Å². The second-order valence-corrected chi connectivity index (χ2v) is 6.27. The predicted octanol–water partition coefficient (Wildman–Crippen LogP) is 4.00. The second-order valence-electron chi connectivity index (χ2n) is 5.83. The van der Waals surface area contributed by atoms with Crippen LogP contribution < -0.4 is 11.4 Å². The molecule has 0 aliphatic carbocycles. The van der Waals surface area contributed by atoms with Gasteiger partial charge in [0.1, 0.15) is 12.2 Å².